The number of benzene rings is 2. The Kier molecular flexibility index (Phi) is 4.38. The molecule has 2 heterocycles. The molecule has 0 saturated heterocycles. The van der Waals surface area contributed by atoms with Crippen molar-refractivity contribution in [3.63, 3.8) is 0 Å². The third kappa shape index (κ3) is 3.29. The van der Waals surface area contributed by atoms with E-state index in [0.29, 0.717) is 5.52 Å². The van der Waals surface area contributed by atoms with Crippen LogP contribution in [-0.4, -0.2) is 19.3 Å². The number of hydrogen-bond acceptors (Lipinski definition) is 3. The SMILES string of the molecule is Cc1ccc(C(O)Cn2ccn3nc(-c4ccccc4C)cc3c2=O)cc1. The fourth-order valence-corrected chi connectivity index (χ4v) is 3.24. The minimum atomic E-state index is -0.746. The Balaban J connectivity index is 1.69. The first kappa shape index (κ1) is 17.2. The Morgan fingerprint density at radius 2 is 1.78 bits per heavy atom. The highest BCUT2D eigenvalue weighted by atomic mass is 16.3. The van der Waals surface area contributed by atoms with E-state index in [0.717, 1.165) is 27.9 Å². The number of aromatic nitrogens is 3. The predicted molar refractivity (Wildman–Crippen MR) is 106 cm³/mol. The van der Waals surface area contributed by atoms with Gasteiger partial charge in [0.05, 0.1) is 18.3 Å². The molecule has 2 aromatic heterocycles. The summed E-state index contributed by atoms with van der Waals surface area (Å²) in [6, 6.07) is 17.5. The van der Waals surface area contributed by atoms with Gasteiger partial charge >= 0.3 is 0 Å². The second-order valence-corrected chi connectivity index (χ2v) is 6.86. The lowest BCUT2D eigenvalue weighted by atomic mass is 10.1. The van der Waals surface area contributed by atoms with Gasteiger partial charge in [0.15, 0.2) is 0 Å². The first-order chi connectivity index (χ1) is 13.0. The van der Waals surface area contributed by atoms with Crippen LogP contribution in [0.5, 0.6) is 0 Å². The molecule has 0 bridgehead atoms. The van der Waals surface area contributed by atoms with Crippen LogP contribution in [0.15, 0.2) is 71.8 Å². The minimum absolute atomic E-state index is 0.170. The van der Waals surface area contributed by atoms with E-state index in [4.69, 9.17) is 0 Å². The zero-order valence-electron chi connectivity index (χ0n) is 15.3. The third-order valence-electron chi connectivity index (χ3n) is 4.86. The number of aliphatic hydroxyl groups excluding tert-OH is 1. The van der Waals surface area contributed by atoms with Crippen molar-refractivity contribution in [2.45, 2.75) is 26.5 Å². The first-order valence-electron chi connectivity index (χ1n) is 8.92. The molecule has 27 heavy (non-hydrogen) atoms. The molecule has 0 fully saturated rings. The van der Waals surface area contributed by atoms with Gasteiger partial charge in [-0.3, -0.25) is 4.79 Å². The van der Waals surface area contributed by atoms with Gasteiger partial charge in [-0.15, -0.1) is 0 Å². The van der Waals surface area contributed by atoms with E-state index in [-0.39, 0.29) is 12.1 Å². The molecule has 5 heteroatoms. The van der Waals surface area contributed by atoms with Crippen LogP contribution in [0.1, 0.15) is 22.8 Å². The van der Waals surface area contributed by atoms with Crippen LogP contribution in [-0.2, 0) is 6.54 Å². The van der Waals surface area contributed by atoms with Gasteiger partial charge in [-0.2, -0.15) is 5.10 Å². The number of aliphatic hydroxyl groups is 1. The maximum atomic E-state index is 12.9. The normalized spacial score (nSPS) is 12.4. The lowest BCUT2D eigenvalue weighted by Gasteiger charge is -2.13. The zero-order chi connectivity index (χ0) is 19.0. The summed E-state index contributed by atoms with van der Waals surface area (Å²) in [7, 11) is 0. The average Bonchev–Trinajstić information content (AvgIpc) is 3.10. The van der Waals surface area contributed by atoms with Gasteiger partial charge in [0.25, 0.3) is 5.56 Å². The van der Waals surface area contributed by atoms with Crippen LogP contribution in [0.25, 0.3) is 16.8 Å². The summed E-state index contributed by atoms with van der Waals surface area (Å²) in [5.74, 6) is 0. The van der Waals surface area contributed by atoms with Crippen molar-refractivity contribution in [2.75, 3.05) is 0 Å². The number of hydrogen-bond donors (Lipinski definition) is 1. The smallest absolute Gasteiger partial charge is 0.276 e. The van der Waals surface area contributed by atoms with E-state index in [1.165, 1.54) is 4.57 Å². The quantitative estimate of drug-likeness (QED) is 0.607. The number of nitrogens with zero attached hydrogens (tertiary/aromatic N) is 3. The third-order valence-corrected chi connectivity index (χ3v) is 4.86. The van der Waals surface area contributed by atoms with Gasteiger partial charge in [0, 0.05) is 18.0 Å². The fourth-order valence-electron chi connectivity index (χ4n) is 3.24. The largest absolute Gasteiger partial charge is 0.387 e. The second-order valence-electron chi connectivity index (χ2n) is 6.86. The summed E-state index contributed by atoms with van der Waals surface area (Å²) in [5, 5.41) is 15.0. The van der Waals surface area contributed by atoms with Gasteiger partial charge in [-0.25, -0.2) is 4.52 Å². The van der Waals surface area contributed by atoms with Crippen molar-refractivity contribution >= 4 is 5.52 Å². The van der Waals surface area contributed by atoms with Gasteiger partial charge in [-0.1, -0.05) is 54.1 Å². The molecule has 1 N–H and O–H groups in total. The molecule has 0 radical (unpaired) electrons. The monoisotopic (exact) mass is 359 g/mol. The highest BCUT2D eigenvalue weighted by molar-refractivity contribution is 5.68. The van der Waals surface area contributed by atoms with Crippen molar-refractivity contribution in [3.05, 3.63) is 94.0 Å². The molecule has 0 amide bonds. The van der Waals surface area contributed by atoms with Crippen LogP contribution in [0.2, 0.25) is 0 Å². The molecule has 4 rings (SSSR count). The summed E-state index contributed by atoms with van der Waals surface area (Å²) < 4.78 is 3.13. The molecule has 0 saturated carbocycles. The summed E-state index contributed by atoms with van der Waals surface area (Å²) in [5.41, 5.74) is 5.13. The standard InChI is InChI=1S/C22H21N3O2/c1-15-7-9-17(10-8-15)21(26)14-24-11-12-25-20(22(24)27)13-19(23-25)18-6-4-3-5-16(18)2/h3-13,21,26H,14H2,1-2H3. The maximum Gasteiger partial charge on any atom is 0.276 e. The Hall–Kier alpha value is -3.18. The maximum absolute atomic E-state index is 12.9. The minimum Gasteiger partial charge on any atom is -0.387 e. The van der Waals surface area contributed by atoms with Gasteiger partial charge in [-0.05, 0) is 31.0 Å². The average molecular weight is 359 g/mol. The highest BCUT2D eigenvalue weighted by Crippen LogP contribution is 2.22. The molecular formula is C22H21N3O2. The molecule has 1 unspecified atom stereocenters. The summed E-state index contributed by atoms with van der Waals surface area (Å²) in [6.07, 6.45) is 2.67. The Labute approximate surface area is 157 Å². The van der Waals surface area contributed by atoms with Crippen LogP contribution < -0.4 is 5.56 Å². The van der Waals surface area contributed by atoms with E-state index >= 15 is 0 Å². The van der Waals surface area contributed by atoms with Crippen LogP contribution >= 0.6 is 0 Å². The van der Waals surface area contributed by atoms with Crippen molar-refractivity contribution < 1.29 is 5.11 Å². The van der Waals surface area contributed by atoms with E-state index in [2.05, 4.69) is 5.10 Å². The van der Waals surface area contributed by atoms with Crippen LogP contribution in [0, 0.1) is 13.8 Å². The number of rotatable bonds is 4. The Morgan fingerprint density at radius 3 is 2.52 bits per heavy atom. The van der Waals surface area contributed by atoms with E-state index < -0.39 is 6.10 Å². The molecule has 0 aliphatic heterocycles. The van der Waals surface area contributed by atoms with Crippen LogP contribution in [0.4, 0.5) is 0 Å². The molecule has 0 aliphatic carbocycles. The van der Waals surface area contributed by atoms with Crippen LogP contribution in [0.3, 0.4) is 0 Å². The Morgan fingerprint density at radius 1 is 1.04 bits per heavy atom. The van der Waals surface area contributed by atoms with Crippen molar-refractivity contribution in [3.8, 4) is 11.3 Å². The summed E-state index contributed by atoms with van der Waals surface area (Å²) in [4.78, 5) is 12.9. The molecule has 0 aliphatic rings. The molecule has 2 aromatic carbocycles. The highest BCUT2D eigenvalue weighted by Gasteiger charge is 2.13. The van der Waals surface area contributed by atoms with Gasteiger partial charge in [0.2, 0.25) is 0 Å². The molecule has 5 nitrogen and oxygen atoms in total. The lowest BCUT2D eigenvalue weighted by molar-refractivity contribution is 0.155. The number of aryl methyl sites for hydroxylation is 2. The molecule has 136 valence electrons. The zero-order valence-corrected chi connectivity index (χ0v) is 15.3. The van der Waals surface area contributed by atoms with E-state index in [9.17, 15) is 9.90 Å². The second kappa shape index (κ2) is 6.85. The van der Waals surface area contributed by atoms with Crippen molar-refractivity contribution in [1.29, 1.82) is 0 Å². The Bertz CT molecular complexity index is 1160. The molecule has 4 aromatic rings. The number of fused-ring (bicyclic) bond motifs is 1. The summed E-state index contributed by atoms with van der Waals surface area (Å²) >= 11 is 0. The van der Waals surface area contributed by atoms with Crippen molar-refractivity contribution in [1.82, 2.24) is 14.2 Å². The van der Waals surface area contributed by atoms with Gasteiger partial charge < -0.3 is 9.67 Å². The predicted octanol–water partition coefficient (Wildman–Crippen LogP) is 3.51. The topological polar surface area (TPSA) is 59.5 Å². The fraction of sp³-hybridized carbons (Fsp3) is 0.182. The van der Waals surface area contributed by atoms with E-state index in [1.807, 2.05) is 62.4 Å². The molecular weight excluding hydrogens is 338 g/mol. The molecule has 1 atom stereocenters. The summed E-state index contributed by atoms with van der Waals surface area (Å²) in [6.45, 7) is 4.22. The molecule has 0 spiro atoms. The van der Waals surface area contributed by atoms with Crippen molar-refractivity contribution in [2.24, 2.45) is 0 Å². The van der Waals surface area contributed by atoms with Gasteiger partial charge in [0.1, 0.15) is 5.52 Å². The lowest BCUT2D eigenvalue weighted by Crippen LogP contribution is -2.24. The first-order valence-corrected chi connectivity index (χ1v) is 8.92. The van der Waals surface area contributed by atoms with E-state index in [1.54, 1.807) is 23.0 Å².